The molecule has 2 heteroatoms. The number of fused-ring (bicyclic) bond motifs is 3. The van der Waals surface area contributed by atoms with Gasteiger partial charge in [-0.3, -0.25) is 4.79 Å². The molecule has 0 spiro atoms. The fourth-order valence-electron chi connectivity index (χ4n) is 5.64. The van der Waals surface area contributed by atoms with Gasteiger partial charge in [-0.15, -0.1) is 12.3 Å². The molecular formula is C21H30O2. The molecule has 0 heterocycles. The van der Waals surface area contributed by atoms with Crippen molar-refractivity contribution in [1.29, 1.82) is 0 Å². The second-order valence-corrected chi connectivity index (χ2v) is 8.94. The zero-order valence-corrected chi connectivity index (χ0v) is 14.8. The number of carbonyl (C=O) groups excluding carboxylic acids is 1. The highest BCUT2D eigenvalue weighted by atomic mass is 16.3. The van der Waals surface area contributed by atoms with Crippen LogP contribution in [0.25, 0.3) is 0 Å². The molecule has 0 aromatic carbocycles. The number of carbonyl (C=O) groups is 1. The third kappa shape index (κ3) is 2.58. The minimum absolute atomic E-state index is 0.0167. The third-order valence-corrected chi connectivity index (χ3v) is 7.47. The van der Waals surface area contributed by atoms with Gasteiger partial charge in [0.25, 0.3) is 0 Å². The first-order valence-electron chi connectivity index (χ1n) is 9.12. The minimum Gasteiger partial charge on any atom is -0.390 e. The minimum atomic E-state index is -0.643. The molecule has 0 saturated heterocycles. The van der Waals surface area contributed by atoms with E-state index in [9.17, 15) is 9.90 Å². The van der Waals surface area contributed by atoms with Crippen molar-refractivity contribution in [2.75, 3.05) is 0 Å². The standard InChI is InChI=1S/C21H30O2/c1-5-10-21-12-8-17(22)13-16(21)7-6-15-14-20(4,19(2,3)23)11-9-18(15)21/h1,13,15,18,23H,6-12,14H2,2-4H3/t15?,18?,20?,21-/m0/s1. The summed E-state index contributed by atoms with van der Waals surface area (Å²) in [4.78, 5) is 11.9. The second kappa shape index (κ2) is 5.49. The Balaban J connectivity index is 1.93. The molecule has 0 bridgehead atoms. The Morgan fingerprint density at radius 3 is 2.74 bits per heavy atom. The van der Waals surface area contributed by atoms with Gasteiger partial charge in [0.1, 0.15) is 0 Å². The lowest BCUT2D eigenvalue weighted by Crippen LogP contribution is -2.52. The van der Waals surface area contributed by atoms with Gasteiger partial charge in [-0.1, -0.05) is 12.5 Å². The molecule has 0 aromatic heterocycles. The maximum absolute atomic E-state index is 11.9. The molecule has 2 fully saturated rings. The molecule has 0 aromatic rings. The molecular weight excluding hydrogens is 284 g/mol. The normalized spacial score (nSPS) is 40.7. The number of rotatable bonds is 2. The van der Waals surface area contributed by atoms with E-state index in [1.807, 2.05) is 19.9 Å². The predicted octanol–water partition coefficient (Wildman–Crippen LogP) is 4.27. The summed E-state index contributed by atoms with van der Waals surface area (Å²) in [7, 11) is 0. The Morgan fingerprint density at radius 1 is 1.35 bits per heavy atom. The average Bonchev–Trinajstić information content (AvgIpc) is 2.47. The number of allylic oxidation sites excluding steroid dienone is 2. The van der Waals surface area contributed by atoms with Crippen molar-refractivity contribution in [3.63, 3.8) is 0 Å². The lowest BCUT2D eigenvalue weighted by molar-refractivity contribution is -0.120. The van der Waals surface area contributed by atoms with E-state index in [0.29, 0.717) is 18.3 Å². The van der Waals surface area contributed by atoms with Gasteiger partial charge in [-0.2, -0.15) is 0 Å². The van der Waals surface area contributed by atoms with Crippen LogP contribution in [0.2, 0.25) is 0 Å². The van der Waals surface area contributed by atoms with E-state index in [0.717, 1.165) is 44.9 Å². The van der Waals surface area contributed by atoms with Crippen LogP contribution in [0.15, 0.2) is 11.6 Å². The van der Waals surface area contributed by atoms with Crippen LogP contribution >= 0.6 is 0 Å². The first-order chi connectivity index (χ1) is 10.7. The predicted molar refractivity (Wildman–Crippen MR) is 92.7 cm³/mol. The number of ketones is 1. The zero-order valence-electron chi connectivity index (χ0n) is 14.8. The lowest BCUT2D eigenvalue weighted by Gasteiger charge is -2.58. The number of hydrogen-bond donors (Lipinski definition) is 1. The van der Waals surface area contributed by atoms with Gasteiger partial charge < -0.3 is 5.11 Å². The topological polar surface area (TPSA) is 37.3 Å². The Morgan fingerprint density at radius 2 is 2.09 bits per heavy atom. The molecule has 0 aliphatic heterocycles. The van der Waals surface area contributed by atoms with Gasteiger partial charge >= 0.3 is 0 Å². The Hall–Kier alpha value is -1.07. The quantitative estimate of drug-likeness (QED) is 0.773. The molecule has 0 amide bonds. The first kappa shape index (κ1) is 16.8. The van der Waals surface area contributed by atoms with Gasteiger partial charge in [0, 0.05) is 18.3 Å². The van der Waals surface area contributed by atoms with E-state index in [1.54, 1.807) is 0 Å². The third-order valence-electron chi connectivity index (χ3n) is 7.47. The van der Waals surface area contributed by atoms with Crippen molar-refractivity contribution in [3.8, 4) is 12.3 Å². The molecule has 3 rings (SSSR count). The smallest absolute Gasteiger partial charge is 0.155 e. The SMILES string of the molecule is C#CC[C@]12CCC(=O)C=C1CCC1CC(C)(C(C)(C)O)CCC12. The van der Waals surface area contributed by atoms with Gasteiger partial charge in [-0.05, 0) is 75.7 Å². The summed E-state index contributed by atoms with van der Waals surface area (Å²) in [5.74, 6) is 4.41. The van der Waals surface area contributed by atoms with Crippen LogP contribution in [0.5, 0.6) is 0 Å². The molecule has 126 valence electrons. The molecule has 2 saturated carbocycles. The molecule has 3 unspecified atom stereocenters. The summed E-state index contributed by atoms with van der Waals surface area (Å²) in [6.45, 7) is 6.16. The maximum Gasteiger partial charge on any atom is 0.155 e. The van der Waals surface area contributed by atoms with Crippen LogP contribution in [0.4, 0.5) is 0 Å². The average molecular weight is 314 g/mol. The van der Waals surface area contributed by atoms with Crippen molar-refractivity contribution in [2.24, 2.45) is 22.7 Å². The molecule has 4 atom stereocenters. The van der Waals surface area contributed by atoms with Crippen LogP contribution in [-0.4, -0.2) is 16.5 Å². The molecule has 1 N–H and O–H groups in total. The van der Waals surface area contributed by atoms with Gasteiger partial charge in [-0.25, -0.2) is 0 Å². The highest BCUT2D eigenvalue weighted by Gasteiger charge is 2.55. The largest absolute Gasteiger partial charge is 0.390 e. The van der Waals surface area contributed by atoms with Crippen LogP contribution in [0, 0.1) is 35.0 Å². The summed E-state index contributed by atoms with van der Waals surface area (Å²) in [5, 5.41) is 10.6. The summed E-state index contributed by atoms with van der Waals surface area (Å²) >= 11 is 0. The Labute approximate surface area is 140 Å². The Kier molecular flexibility index (Phi) is 4.00. The maximum atomic E-state index is 11.9. The van der Waals surface area contributed by atoms with Crippen molar-refractivity contribution >= 4 is 5.78 Å². The first-order valence-corrected chi connectivity index (χ1v) is 9.12. The van der Waals surface area contributed by atoms with Crippen molar-refractivity contribution in [1.82, 2.24) is 0 Å². The van der Waals surface area contributed by atoms with Gasteiger partial charge in [0.05, 0.1) is 5.60 Å². The summed E-state index contributed by atoms with van der Waals surface area (Å²) in [6, 6.07) is 0. The van der Waals surface area contributed by atoms with Crippen molar-refractivity contribution in [2.45, 2.75) is 77.7 Å². The monoisotopic (exact) mass is 314 g/mol. The summed E-state index contributed by atoms with van der Waals surface area (Å²) < 4.78 is 0. The van der Waals surface area contributed by atoms with Crippen LogP contribution in [-0.2, 0) is 4.79 Å². The van der Waals surface area contributed by atoms with Crippen LogP contribution in [0.1, 0.15) is 72.1 Å². The number of aliphatic hydroxyl groups is 1. The highest BCUT2D eigenvalue weighted by Crippen LogP contribution is 2.62. The fraction of sp³-hybridized carbons (Fsp3) is 0.762. The fourth-order valence-corrected chi connectivity index (χ4v) is 5.64. The van der Waals surface area contributed by atoms with Crippen LogP contribution < -0.4 is 0 Å². The van der Waals surface area contributed by atoms with Gasteiger partial charge in [0.15, 0.2) is 5.78 Å². The highest BCUT2D eigenvalue weighted by molar-refractivity contribution is 5.91. The van der Waals surface area contributed by atoms with E-state index >= 15 is 0 Å². The van der Waals surface area contributed by atoms with E-state index in [2.05, 4.69) is 12.8 Å². The lowest BCUT2D eigenvalue weighted by atomic mass is 9.47. The second-order valence-electron chi connectivity index (χ2n) is 8.94. The molecule has 2 nitrogen and oxygen atoms in total. The number of hydrogen-bond acceptors (Lipinski definition) is 2. The molecule has 3 aliphatic rings. The molecule has 3 aliphatic carbocycles. The van der Waals surface area contributed by atoms with Crippen LogP contribution in [0.3, 0.4) is 0 Å². The van der Waals surface area contributed by atoms with E-state index in [1.165, 1.54) is 5.57 Å². The molecule has 23 heavy (non-hydrogen) atoms. The van der Waals surface area contributed by atoms with E-state index in [4.69, 9.17) is 6.42 Å². The molecule has 0 radical (unpaired) electrons. The van der Waals surface area contributed by atoms with E-state index in [-0.39, 0.29) is 16.6 Å². The Bertz CT molecular complexity index is 574. The van der Waals surface area contributed by atoms with Gasteiger partial charge in [0.2, 0.25) is 0 Å². The van der Waals surface area contributed by atoms with Crippen molar-refractivity contribution in [3.05, 3.63) is 11.6 Å². The van der Waals surface area contributed by atoms with E-state index < -0.39 is 5.60 Å². The summed E-state index contributed by atoms with van der Waals surface area (Å²) in [5.41, 5.74) is 0.736. The summed E-state index contributed by atoms with van der Waals surface area (Å²) in [6.07, 6.45) is 15.4. The van der Waals surface area contributed by atoms with Crippen molar-refractivity contribution < 1.29 is 9.90 Å². The zero-order chi connectivity index (χ0) is 16.9. The number of terminal acetylenes is 1.